The molecular weight excluding hydrogens is 146 g/mol. The van der Waals surface area contributed by atoms with Crippen LogP contribution in [0.2, 0.25) is 0 Å². The van der Waals surface area contributed by atoms with Crippen molar-refractivity contribution in [3.8, 4) is 0 Å². The Hall–Kier alpha value is -0.310. The van der Waals surface area contributed by atoms with Crippen LogP contribution in [-0.4, -0.2) is 30.8 Å². The Morgan fingerprint density at radius 1 is 1.60 bits per heavy atom. The number of hydrogen-bond donors (Lipinski definition) is 0. The van der Waals surface area contributed by atoms with E-state index in [1.54, 1.807) is 7.11 Å². The minimum atomic E-state index is 0.577. The first-order chi connectivity index (χ1) is 4.72. The van der Waals surface area contributed by atoms with Crippen molar-refractivity contribution in [2.75, 3.05) is 20.7 Å². The van der Waals surface area contributed by atoms with E-state index < -0.39 is 0 Å². The zero-order chi connectivity index (χ0) is 7.98. The lowest BCUT2D eigenvalue weighted by molar-refractivity contribution is 0.320. The van der Waals surface area contributed by atoms with Gasteiger partial charge in [0.15, 0.2) is 0 Å². The zero-order valence-corrected chi connectivity index (χ0v) is 7.70. The number of ether oxygens (including phenoxy) is 1. The van der Waals surface area contributed by atoms with Crippen LogP contribution in [0.3, 0.4) is 0 Å². The van der Waals surface area contributed by atoms with E-state index in [1.165, 1.54) is 12.8 Å². The van der Waals surface area contributed by atoms with Gasteiger partial charge in [0, 0.05) is 13.6 Å². The van der Waals surface area contributed by atoms with Crippen LogP contribution < -0.4 is 0 Å². The molecule has 2 nitrogen and oxygen atoms in total. The molecule has 0 aliphatic heterocycles. The number of unbranched alkanes of at least 4 members (excludes halogenated alkanes) is 1. The molecule has 0 radical (unpaired) electrons. The molecule has 0 aliphatic rings. The maximum Gasteiger partial charge on any atom is 0.258 e. The van der Waals surface area contributed by atoms with E-state index in [0.29, 0.717) is 5.17 Å². The fourth-order valence-electron chi connectivity index (χ4n) is 0.642. The second-order valence-corrected chi connectivity index (χ2v) is 2.59. The van der Waals surface area contributed by atoms with Crippen LogP contribution in [0.1, 0.15) is 19.8 Å². The lowest BCUT2D eigenvalue weighted by Gasteiger charge is -2.17. The first kappa shape index (κ1) is 9.69. The SMILES string of the molecule is CCCCN(C)C(=S)OC. The predicted molar refractivity (Wildman–Crippen MR) is 47.1 cm³/mol. The van der Waals surface area contributed by atoms with Gasteiger partial charge >= 0.3 is 0 Å². The van der Waals surface area contributed by atoms with Gasteiger partial charge in [-0.1, -0.05) is 13.3 Å². The first-order valence-electron chi connectivity index (χ1n) is 3.51. The van der Waals surface area contributed by atoms with E-state index in [0.717, 1.165) is 6.54 Å². The number of thiocarbonyl (C=S) groups is 1. The van der Waals surface area contributed by atoms with Crippen molar-refractivity contribution in [2.45, 2.75) is 19.8 Å². The summed E-state index contributed by atoms with van der Waals surface area (Å²) in [7, 11) is 3.55. The molecule has 0 N–H and O–H groups in total. The van der Waals surface area contributed by atoms with Crippen LogP contribution in [0.4, 0.5) is 0 Å². The van der Waals surface area contributed by atoms with Gasteiger partial charge in [-0.05, 0) is 18.6 Å². The van der Waals surface area contributed by atoms with Crippen LogP contribution >= 0.6 is 12.2 Å². The molecule has 0 atom stereocenters. The Kier molecular flexibility index (Phi) is 5.30. The van der Waals surface area contributed by atoms with Gasteiger partial charge in [-0.2, -0.15) is 0 Å². The number of nitrogens with zero attached hydrogens (tertiary/aromatic N) is 1. The van der Waals surface area contributed by atoms with E-state index in [2.05, 4.69) is 6.92 Å². The largest absolute Gasteiger partial charge is 0.474 e. The van der Waals surface area contributed by atoms with Gasteiger partial charge in [0.25, 0.3) is 5.17 Å². The molecule has 0 saturated carbocycles. The topological polar surface area (TPSA) is 12.5 Å². The molecule has 3 heteroatoms. The predicted octanol–water partition coefficient (Wildman–Crippen LogP) is 1.65. The molecule has 0 aromatic carbocycles. The standard InChI is InChI=1S/C7H15NOS/c1-4-5-6-8(2)7(10)9-3/h4-6H2,1-3H3. The summed E-state index contributed by atoms with van der Waals surface area (Å²) in [6.45, 7) is 3.15. The minimum absolute atomic E-state index is 0.577. The normalized spacial score (nSPS) is 9.10. The summed E-state index contributed by atoms with van der Waals surface area (Å²) in [6.07, 6.45) is 2.36. The lowest BCUT2D eigenvalue weighted by atomic mass is 10.3. The summed E-state index contributed by atoms with van der Waals surface area (Å²) in [6, 6.07) is 0. The van der Waals surface area contributed by atoms with Gasteiger partial charge in [0.1, 0.15) is 0 Å². The zero-order valence-electron chi connectivity index (χ0n) is 6.89. The number of methoxy groups -OCH3 is 1. The monoisotopic (exact) mass is 161 g/mol. The number of rotatable bonds is 3. The minimum Gasteiger partial charge on any atom is -0.474 e. The molecule has 60 valence electrons. The maximum absolute atomic E-state index is 4.89. The van der Waals surface area contributed by atoms with Crippen molar-refractivity contribution in [1.82, 2.24) is 4.90 Å². The highest BCUT2D eigenvalue weighted by Crippen LogP contribution is 1.93. The second-order valence-electron chi connectivity index (χ2n) is 2.25. The van der Waals surface area contributed by atoms with Gasteiger partial charge in [0.2, 0.25) is 0 Å². The average Bonchev–Trinajstić information content (AvgIpc) is 1.98. The lowest BCUT2D eigenvalue weighted by Crippen LogP contribution is -2.26. The molecule has 0 bridgehead atoms. The smallest absolute Gasteiger partial charge is 0.258 e. The van der Waals surface area contributed by atoms with Gasteiger partial charge in [-0.3, -0.25) is 0 Å². The van der Waals surface area contributed by atoms with Crippen LogP contribution in [0.25, 0.3) is 0 Å². The third-order valence-corrected chi connectivity index (χ3v) is 1.81. The Bertz CT molecular complexity index is 106. The van der Waals surface area contributed by atoms with Gasteiger partial charge in [-0.15, -0.1) is 0 Å². The Morgan fingerprint density at radius 2 is 2.20 bits per heavy atom. The van der Waals surface area contributed by atoms with Crippen molar-refractivity contribution in [3.63, 3.8) is 0 Å². The highest BCUT2D eigenvalue weighted by molar-refractivity contribution is 7.80. The van der Waals surface area contributed by atoms with Crippen LogP contribution in [-0.2, 0) is 4.74 Å². The summed E-state index contributed by atoms with van der Waals surface area (Å²) in [4.78, 5) is 1.94. The third kappa shape index (κ3) is 3.67. The van der Waals surface area contributed by atoms with Crippen LogP contribution in [0.15, 0.2) is 0 Å². The Morgan fingerprint density at radius 3 is 2.60 bits per heavy atom. The van der Waals surface area contributed by atoms with Crippen LogP contribution in [0.5, 0.6) is 0 Å². The van der Waals surface area contributed by atoms with Crippen molar-refractivity contribution < 1.29 is 4.74 Å². The molecule has 0 heterocycles. The van der Waals surface area contributed by atoms with E-state index in [9.17, 15) is 0 Å². The molecule has 0 saturated heterocycles. The average molecular weight is 161 g/mol. The first-order valence-corrected chi connectivity index (χ1v) is 3.92. The maximum atomic E-state index is 4.89. The molecule has 0 amide bonds. The van der Waals surface area contributed by atoms with Gasteiger partial charge in [-0.25, -0.2) is 0 Å². The van der Waals surface area contributed by atoms with Crippen molar-refractivity contribution in [3.05, 3.63) is 0 Å². The molecule has 0 rings (SSSR count). The fraction of sp³-hybridized carbons (Fsp3) is 0.857. The Labute approximate surface area is 68.2 Å². The quantitative estimate of drug-likeness (QED) is 0.584. The molecule has 10 heavy (non-hydrogen) atoms. The van der Waals surface area contributed by atoms with Gasteiger partial charge in [0.05, 0.1) is 7.11 Å². The summed E-state index contributed by atoms with van der Waals surface area (Å²) in [5.74, 6) is 0. The second kappa shape index (κ2) is 5.47. The molecule has 0 fully saturated rings. The highest BCUT2D eigenvalue weighted by atomic mass is 32.1. The van der Waals surface area contributed by atoms with Crippen molar-refractivity contribution in [1.29, 1.82) is 0 Å². The molecule has 0 spiro atoms. The molecule has 0 aromatic heterocycles. The summed E-state index contributed by atoms with van der Waals surface area (Å²) < 4.78 is 4.87. The van der Waals surface area contributed by atoms with E-state index >= 15 is 0 Å². The summed E-state index contributed by atoms with van der Waals surface area (Å²) >= 11 is 4.89. The summed E-state index contributed by atoms with van der Waals surface area (Å²) in [5.41, 5.74) is 0. The van der Waals surface area contributed by atoms with Crippen LogP contribution in [0, 0.1) is 0 Å². The van der Waals surface area contributed by atoms with E-state index in [-0.39, 0.29) is 0 Å². The number of hydrogen-bond acceptors (Lipinski definition) is 2. The fourth-order valence-corrected chi connectivity index (χ4v) is 0.734. The molecule has 0 aromatic rings. The van der Waals surface area contributed by atoms with E-state index in [1.807, 2.05) is 11.9 Å². The van der Waals surface area contributed by atoms with E-state index in [4.69, 9.17) is 17.0 Å². The highest BCUT2D eigenvalue weighted by Gasteiger charge is 2.00. The molecule has 0 aliphatic carbocycles. The Balaban J connectivity index is 3.41. The van der Waals surface area contributed by atoms with Crippen molar-refractivity contribution >= 4 is 17.4 Å². The van der Waals surface area contributed by atoms with Crippen molar-refractivity contribution in [2.24, 2.45) is 0 Å². The van der Waals surface area contributed by atoms with Gasteiger partial charge < -0.3 is 9.64 Å². The summed E-state index contributed by atoms with van der Waals surface area (Å²) in [5, 5.41) is 0.577. The molecule has 0 unspecified atom stereocenters. The molecular formula is C7H15NOS. The third-order valence-electron chi connectivity index (χ3n) is 1.33.